The first kappa shape index (κ1) is 26.9. The molecular formula is C29H37N7O4. The summed E-state index contributed by atoms with van der Waals surface area (Å²) in [7, 11) is 1.75. The van der Waals surface area contributed by atoms with Gasteiger partial charge in [-0.3, -0.25) is 25.1 Å². The van der Waals surface area contributed by atoms with Gasteiger partial charge in [-0.1, -0.05) is 29.9 Å². The third-order valence-corrected chi connectivity index (χ3v) is 8.12. The van der Waals surface area contributed by atoms with Crippen LogP contribution in [-0.4, -0.2) is 116 Å². The fourth-order valence-electron chi connectivity index (χ4n) is 5.88. The minimum Gasteiger partial charge on any atom is -0.383 e. The fraction of sp³-hybridized carbons (Fsp3) is 0.483. The van der Waals surface area contributed by atoms with E-state index in [2.05, 4.69) is 42.9 Å². The van der Waals surface area contributed by atoms with E-state index in [-0.39, 0.29) is 11.8 Å². The largest absolute Gasteiger partial charge is 0.383 e. The van der Waals surface area contributed by atoms with Crippen LogP contribution in [0.1, 0.15) is 34.5 Å². The number of carbonyl (C=O) groups excluding carboxylic acids is 2. The number of H-pyrrole nitrogens is 1. The van der Waals surface area contributed by atoms with Crippen LogP contribution in [-0.2, 0) is 9.47 Å². The van der Waals surface area contributed by atoms with Crippen molar-refractivity contribution >= 4 is 23.1 Å². The van der Waals surface area contributed by atoms with Crippen molar-refractivity contribution in [3.8, 4) is 11.3 Å². The molecule has 3 heterocycles. The van der Waals surface area contributed by atoms with Crippen molar-refractivity contribution < 1.29 is 19.1 Å². The zero-order chi connectivity index (χ0) is 27.5. The number of piperazine rings is 1. The van der Waals surface area contributed by atoms with Gasteiger partial charge in [0, 0.05) is 65.0 Å². The minimum absolute atomic E-state index is 0.113. The van der Waals surface area contributed by atoms with Gasteiger partial charge < -0.3 is 14.8 Å². The van der Waals surface area contributed by atoms with E-state index < -0.39 is 0 Å². The Hall–Kier alpha value is -3.35. The molecule has 0 spiro atoms. The molecule has 2 amide bonds. The van der Waals surface area contributed by atoms with Gasteiger partial charge in [0.1, 0.15) is 0 Å². The molecule has 6 rings (SSSR count). The maximum atomic E-state index is 13.7. The Labute approximate surface area is 234 Å². The van der Waals surface area contributed by atoms with Gasteiger partial charge in [-0.15, -0.1) is 0 Å². The number of rotatable bonds is 8. The zero-order valence-corrected chi connectivity index (χ0v) is 23.0. The zero-order valence-electron chi connectivity index (χ0n) is 23.0. The SMILES string of the molecule is COCCN1CCN(CC2=CC=C(c3n[nH]c4c3C(=O)c3c(NC(=O)NN5CCOCC5)cccc3-4)CC2)CC1. The lowest BCUT2D eigenvalue weighted by molar-refractivity contribution is 0.0207. The number of carbonyl (C=O) groups is 2. The monoisotopic (exact) mass is 547 g/mol. The molecule has 2 fully saturated rings. The first-order chi connectivity index (χ1) is 19.6. The van der Waals surface area contributed by atoms with Crippen molar-refractivity contribution in [1.29, 1.82) is 0 Å². The number of hydrogen-bond acceptors (Lipinski definition) is 8. The van der Waals surface area contributed by atoms with Crippen LogP contribution in [0.25, 0.3) is 16.8 Å². The van der Waals surface area contributed by atoms with Crippen molar-refractivity contribution in [2.24, 2.45) is 0 Å². The van der Waals surface area contributed by atoms with Gasteiger partial charge in [-0.05, 0) is 24.5 Å². The van der Waals surface area contributed by atoms with Gasteiger partial charge in [-0.2, -0.15) is 5.10 Å². The number of urea groups is 1. The number of morpholine rings is 1. The van der Waals surface area contributed by atoms with Crippen LogP contribution in [0.2, 0.25) is 0 Å². The second-order valence-corrected chi connectivity index (χ2v) is 10.7. The summed E-state index contributed by atoms with van der Waals surface area (Å²) >= 11 is 0. The molecule has 11 nitrogen and oxygen atoms in total. The highest BCUT2D eigenvalue weighted by Gasteiger charge is 2.35. The Bertz CT molecular complexity index is 1320. The van der Waals surface area contributed by atoms with Crippen molar-refractivity contribution in [2.75, 3.05) is 84.6 Å². The van der Waals surface area contributed by atoms with Crippen LogP contribution in [0.4, 0.5) is 10.5 Å². The molecule has 0 atom stereocenters. The molecule has 1 aromatic carbocycles. The fourth-order valence-corrected chi connectivity index (χ4v) is 5.88. The first-order valence-electron chi connectivity index (χ1n) is 14.1. The lowest BCUT2D eigenvalue weighted by Gasteiger charge is -2.35. The molecule has 3 N–H and O–H groups in total. The van der Waals surface area contributed by atoms with Crippen LogP contribution < -0.4 is 10.7 Å². The molecule has 0 saturated carbocycles. The number of anilines is 1. The molecule has 4 aliphatic rings. The summed E-state index contributed by atoms with van der Waals surface area (Å²) in [5.74, 6) is -0.113. The predicted molar refractivity (Wildman–Crippen MR) is 152 cm³/mol. The number of hydrogen-bond donors (Lipinski definition) is 3. The number of aromatic nitrogens is 2. The van der Waals surface area contributed by atoms with Gasteiger partial charge in [0.15, 0.2) is 5.78 Å². The summed E-state index contributed by atoms with van der Waals surface area (Å²) in [5, 5.41) is 12.4. The van der Waals surface area contributed by atoms with E-state index in [1.165, 1.54) is 5.57 Å². The number of allylic oxidation sites excluding steroid dienone is 3. The number of aromatic amines is 1. The van der Waals surface area contributed by atoms with Gasteiger partial charge in [0.25, 0.3) is 0 Å². The van der Waals surface area contributed by atoms with E-state index in [1.807, 2.05) is 17.1 Å². The van der Waals surface area contributed by atoms with Crippen molar-refractivity contribution in [2.45, 2.75) is 12.8 Å². The van der Waals surface area contributed by atoms with Crippen LogP contribution in [0.5, 0.6) is 0 Å². The quantitative estimate of drug-likeness (QED) is 0.394. The maximum Gasteiger partial charge on any atom is 0.333 e. The predicted octanol–water partition coefficient (Wildman–Crippen LogP) is 2.36. The number of ketones is 1. The number of nitrogens with zero attached hydrogens (tertiary/aromatic N) is 4. The lowest BCUT2D eigenvalue weighted by Crippen LogP contribution is -2.49. The average molecular weight is 548 g/mol. The minimum atomic E-state index is -0.374. The highest BCUT2D eigenvalue weighted by atomic mass is 16.5. The Morgan fingerprint density at radius 1 is 1.05 bits per heavy atom. The molecule has 2 aliphatic carbocycles. The highest BCUT2D eigenvalue weighted by Crippen LogP contribution is 2.43. The van der Waals surface area contributed by atoms with E-state index in [4.69, 9.17) is 9.47 Å². The molecule has 1 aromatic heterocycles. The van der Waals surface area contributed by atoms with Crippen LogP contribution in [0, 0.1) is 0 Å². The molecule has 0 bridgehead atoms. The number of ether oxygens (including phenoxy) is 2. The number of fused-ring (bicyclic) bond motifs is 3. The summed E-state index contributed by atoms with van der Waals surface area (Å²) in [6.07, 6.45) is 6.11. The number of nitrogens with one attached hydrogen (secondary N) is 3. The molecule has 40 heavy (non-hydrogen) atoms. The van der Waals surface area contributed by atoms with Crippen LogP contribution in [0.3, 0.4) is 0 Å². The lowest BCUT2D eigenvalue weighted by atomic mass is 9.93. The van der Waals surface area contributed by atoms with E-state index in [9.17, 15) is 9.59 Å². The van der Waals surface area contributed by atoms with Crippen LogP contribution >= 0.6 is 0 Å². The normalized spacial score (nSPS) is 20.1. The van der Waals surface area contributed by atoms with Crippen molar-refractivity contribution in [3.05, 3.63) is 52.7 Å². The summed E-state index contributed by atoms with van der Waals surface area (Å²) in [6, 6.07) is 5.13. The molecule has 2 saturated heterocycles. The summed E-state index contributed by atoms with van der Waals surface area (Å²) < 4.78 is 10.5. The van der Waals surface area contributed by atoms with Gasteiger partial charge in [0.05, 0.1) is 48.0 Å². The van der Waals surface area contributed by atoms with Crippen LogP contribution in [0.15, 0.2) is 35.9 Å². The highest BCUT2D eigenvalue weighted by molar-refractivity contribution is 6.26. The Balaban J connectivity index is 1.12. The molecule has 2 aliphatic heterocycles. The maximum absolute atomic E-state index is 13.7. The van der Waals surface area contributed by atoms with E-state index in [1.54, 1.807) is 13.2 Å². The van der Waals surface area contributed by atoms with E-state index in [0.29, 0.717) is 54.5 Å². The first-order valence-corrected chi connectivity index (χ1v) is 14.1. The Morgan fingerprint density at radius 2 is 1.85 bits per heavy atom. The second kappa shape index (κ2) is 12.0. The Morgan fingerprint density at radius 3 is 2.60 bits per heavy atom. The van der Waals surface area contributed by atoms with E-state index in [0.717, 1.165) is 69.9 Å². The molecule has 0 radical (unpaired) electrons. The standard InChI is InChI=1S/C29H37N7O4/c1-39-16-13-34-9-11-35(12-10-34)19-20-5-7-21(8-6-20)26-25-27(32-31-26)22-3-2-4-23(24(22)28(25)37)30-29(38)33-36-14-17-40-18-15-36/h2-5,7H,6,8-19H2,1H3,(H,31,32)(H2,30,33,38). The molecular weight excluding hydrogens is 510 g/mol. The third kappa shape index (κ3) is 5.61. The molecule has 2 aromatic rings. The van der Waals surface area contributed by atoms with Gasteiger partial charge in [-0.25, -0.2) is 9.80 Å². The van der Waals surface area contributed by atoms with Gasteiger partial charge in [0.2, 0.25) is 0 Å². The summed E-state index contributed by atoms with van der Waals surface area (Å²) in [6.45, 7) is 9.43. The summed E-state index contributed by atoms with van der Waals surface area (Å²) in [5.41, 5.74) is 9.09. The molecule has 0 unspecified atom stereocenters. The van der Waals surface area contributed by atoms with Crippen molar-refractivity contribution in [3.63, 3.8) is 0 Å². The summed E-state index contributed by atoms with van der Waals surface area (Å²) in [4.78, 5) is 31.4. The Kier molecular flexibility index (Phi) is 8.08. The molecule has 11 heteroatoms. The number of hydrazine groups is 1. The van der Waals surface area contributed by atoms with E-state index >= 15 is 0 Å². The topological polar surface area (TPSA) is 115 Å². The second-order valence-electron chi connectivity index (χ2n) is 10.7. The molecule has 212 valence electrons. The number of benzene rings is 1. The van der Waals surface area contributed by atoms with Crippen molar-refractivity contribution in [1.82, 2.24) is 30.4 Å². The van der Waals surface area contributed by atoms with Gasteiger partial charge >= 0.3 is 6.03 Å². The number of methoxy groups -OCH3 is 1. The third-order valence-electron chi connectivity index (χ3n) is 8.12. The smallest absolute Gasteiger partial charge is 0.333 e. The average Bonchev–Trinajstić information content (AvgIpc) is 3.54. The number of amides is 2.